The van der Waals surface area contributed by atoms with Gasteiger partial charge in [0, 0.05) is 16.0 Å². The third-order valence-corrected chi connectivity index (χ3v) is 8.13. The molecule has 2 aromatic carbocycles. The van der Waals surface area contributed by atoms with Gasteiger partial charge in [0.2, 0.25) is 0 Å². The predicted molar refractivity (Wildman–Crippen MR) is 132 cm³/mol. The molecule has 2 aliphatic rings. The summed E-state index contributed by atoms with van der Waals surface area (Å²) < 4.78 is 7.58. The minimum Gasteiger partial charge on any atom is -0.504 e. The van der Waals surface area contributed by atoms with Crippen molar-refractivity contribution in [3.05, 3.63) is 107 Å². The number of benzene rings is 2. The number of allylic oxidation sites excluding steroid dienone is 1. The summed E-state index contributed by atoms with van der Waals surface area (Å²) in [5.41, 5.74) is 5.09. The third kappa shape index (κ3) is 3.19. The molecule has 1 N–H and O–H groups in total. The Morgan fingerprint density at radius 3 is 2.82 bits per heavy atom. The molecule has 3 heterocycles. The van der Waals surface area contributed by atoms with E-state index in [4.69, 9.17) is 9.73 Å². The van der Waals surface area contributed by atoms with Crippen LogP contribution in [0.2, 0.25) is 0 Å². The second-order valence-electron chi connectivity index (χ2n) is 8.03. The summed E-state index contributed by atoms with van der Waals surface area (Å²) in [5, 5.41) is 12.6. The van der Waals surface area contributed by atoms with Crippen molar-refractivity contribution in [2.75, 3.05) is 7.11 Å². The zero-order valence-electron chi connectivity index (χ0n) is 17.8. The van der Waals surface area contributed by atoms with E-state index in [9.17, 15) is 9.90 Å². The molecule has 0 spiro atoms. The summed E-state index contributed by atoms with van der Waals surface area (Å²) in [7, 11) is 1.51. The number of methoxy groups -OCH3 is 1. The molecule has 6 rings (SSSR count). The number of phenolic OH excluding ortho intramolecular Hbond substituents is 1. The van der Waals surface area contributed by atoms with Crippen molar-refractivity contribution in [2.45, 2.75) is 18.9 Å². The molecule has 5 nitrogen and oxygen atoms in total. The highest BCUT2D eigenvalue weighted by molar-refractivity contribution is 7.10. The van der Waals surface area contributed by atoms with Crippen molar-refractivity contribution in [1.29, 1.82) is 0 Å². The van der Waals surface area contributed by atoms with Crippen LogP contribution in [0.5, 0.6) is 11.5 Å². The molecule has 1 aliphatic heterocycles. The standard InChI is InChI=1S/C26H20N2O3S2/c1-31-19-9-4-7-16(24(19)29)14-21-25(30)28-23(20-10-5-13-32-20)18-12-11-15-6-2-3-8-17(15)22(18)27-26(28)33-21/h2-10,13-14,23,29H,11-12H2,1H3/b21-14-. The van der Waals surface area contributed by atoms with Crippen molar-refractivity contribution in [3.63, 3.8) is 0 Å². The molecule has 7 heteroatoms. The molecule has 4 aromatic rings. The molecule has 0 saturated heterocycles. The number of aryl methyl sites for hydroxylation is 1. The molecule has 1 unspecified atom stereocenters. The zero-order valence-corrected chi connectivity index (χ0v) is 19.5. The number of rotatable bonds is 3. The Balaban J connectivity index is 1.62. The first-order valence-corrected chi connectivity index (χ1v) is 12.4. The molecule has 164 valence electrons. The van der Waals surface area contributed by atoms with Gasteiger partial charge < -0.3 is 9.84 Å². The molecule has 1 aliphatic carbocycles. The van der Waals surface area contributed by atoms with E-state index in [-0.39, 0.29) is 17.4 Å². The van der Waals surface area contributed by atoms with Crippen LogP contribution in [-0.2, 0) is 6.42 Å². The Morgan fingerprint density at radius 1 is 1.12 bits per heavy atom. The number of para-hydroxylation sites is 1. The lowest BCUT2D eigenvalue weighted by atomic mass is 9.85. The number of aromatic nitrogens is 1. The number of thiazole rings is 1. The fraction of sp³-hybridized carbons (Fsp3) is 0.154. The minimum atomic E-state index is -0.161. The summed E-state index contributed by atoms with van der Waals surface area (Å²) >= 11 is 3.02. The normalized spacial score (nSPS) is 17.2. The van der Waals surface area contributed by atoms with E-state index in [0.29, 0.717) is 20.6 Å². The van der Waals surface area contributed by atoms with Gasteiger partial charge in [0.15, 0.2) is 16.3 Å². The fourth-order valence-electron chi connectivity index (χ4n) is 4.68. The summed E-state index contributed by atoms with van der Waals surface area (Å²) in [5.74, 6) is 0.397. The number of hydrogen-bond acceptors (Lipinski definition) is 6. The van der Waals surface area contributed by atoms with Gasteiger partial charge >= 0.3 is 0 Å². The molecule has 0 bridgehead atoms. The topological polar surface area (TPSA) is 63.8 Å². The Bertz CT molecular complexity index is 1590. The van der Waals surface area contributed by atoms with Crippen LogP contribution in [0.25, 0.3) is 11.8 Å². The molecular weight excluding hydrogens is 452 g/mol. The van der Waals surface area contributed by atoms with Crippen LogP contribution in [0.3, 0.4) is 0 Å². The Morgan fingerprint density at radius 2 is 2.00 bits per heavy atom. The number of fused-ring (bicyclic) bond motifs is 3. The lowest BCUT2D eigenvalue weighted by Crippen LogP contribution is -2.38. The average molecular weight is 473 g/mol. The molecule has 33 heavy (non-hydrogen) atoms. The lowest BCUT2D eigenvalue weighted by molar-refractivity contribution is 0.373. The van der Waals surface area contributed by atoms with Crippen LogP contribution in [0.4, 0.5) is 0 Å². The van der Waals surface area contributed by atoms with E-state index in [0.717, 1.165) is 29.0 Å². The summed E-state index contributed by atoms with van der Waals surface area (Å²) in [6.07, 6.45) is 3.54. The first-order valence-electron chi connectivity index (χ1n) is 10.7. The van der Waals surface area contributed by atoms with Gasteiger partial charge in [-0.15, -0.1) is 11.3 Å². The summed E-state index contributed by atoms with van der Waals surface area (Å²) in [6, 6.07) is 17.6. The van der Waals surface area contributed by atoms with Gasteiger partial charge in [-0.2, -0.15) is 0 Å². The second kappa shape index (κ2) is 7.86. The van der Waals surface area contributed by atoms with E-state index in [1.807, 2.05) is 16.7 Å². The molecule has 0 saturated carbocycles. The second-order valence-corrected chi connectivity index (χ2v) is 10.0. The first kappa shape index (κ1) is 20.2. The minimum absolute atomic E-state index is 0.0221. The molecular formula is C26H20N2O3S2. The van der Waals surface area contributed by atoms with E-state index in [1.165, 1.54) is 29.6 Å². The van der Waals surface area contributed by atoms with Gasteiger partial charge in [0.25, 0.3) is 5.56 Å². The van der Waals surface area contributed by atoms with E-state index >= 15 is 0 Å². The molecule has 0 amide bonds. The van der Waals surface area contributed by atoms with E-state index in [1.54, 1.807) is 35.6 Å². The number of thiophene rings is 1. The van der Waals surface area contributed by atoms with Gasteiger partial charge in [-0.05, 0) is 47.6 Å². The number of ether oxygens (including phenoxy) is 1. The maximum atomic E-state index is 13.7. The van der Waals surface area contributed by atoms with Crippen LogP contribution >= 0.6 is 22.7 Å². The maximum Gasteiger partial charge on any atom is 0.271 e. The van der Waals surface area contributed by atoms with Crippen molar-refractivity contribution < 1.29 is 9.84 Å². The van der Waals surface area contributed by atoms with Gasteiger partial charge in [0.1, 0.15) is 0 Å². The van der Waals surface area contributed by atoms with Crippen molar-refractivity contribution in [1.82, 2.24) is 4.57 Å². The SMILES string of the molecule is COc1cccc(/C=c2\sc3n(c2=O)C(c2cccs2)C2=C(N=3)c3ccccc3CC2)c1O. The summed E-state index contributed by atoms with van der Waals surface area (Å²) in [6.45, 7) is 0. The number of phenols is 1. The number of nitrogens with zero attached hydrogens (tertiary/aromatic N) is 2. The van der Waals surface area contributed by atoms with Crippen LogP contribution in [0.1, 0.15) is 34.0 Å². The van der Waals surface area contributed by atoms with Crippen LogP contribution in [0, 0.1) is 0 Å². The molecule has 2 aromatic heterocycles. The molecule has 0 radical (unpaired) electrons. The molecule has 1 atom stereocenters. The zero-order chi connectivity index (χ0) is 22.5. The quantitative estimate of drug-likeness (QED) is 0.488. The Hall–Kier alpha value is -3.42. The summed E-state index contributed by atoms with van der Waals surface area (Å²) in [4.78, 5) is 20.5. The van der Waals surface area contributed by atoms with Crippen LogP contribution < -0.4 is 19.6 Å². The average Bonchev–Trinajstić information content (AvgIpc) is 3.48. The smallest absolute Gasteiger partial charge is 0.271 e. The van der Waals surface area contributed by atoms with Gasteiger partial charge in [0.05, 0.1) is 23.4 Å². The van der Waals surface area contributed by atoms with Crippen molar-refractivity contribution in [3.8, 4) is 11.5 Å². The van der Waals surface area contributed by atoms with Gasteiger partial charge in [-0.1, -0.05) is 53.8 Å². The first-order chi connectivity index (χ1) is 16.2. The van der Waals surface area contributed by atoms with E-state index < -0.39 is 0 Å². The van der Waals surface area contributed by atoms with E-state index in [2.05, 4.69) is 29.6 Å². The Labute approximate surface area is 197 Å². The number of hydrogen-bond donors (Lipinski definition) is 1. The lowest BCUT2D eigenvalue weighted by Gasteiger charge is -2.30. The van der Waals surface area contributed by atoms with Gasteiger partial charge in [-0.3, -0.25) is 9.36 Å². The van der Waals surface area contributed by atoms with Crippen LogP contribution in [-0.4, -0.2) is 16.8 Å². The third-order valence-electron chi connectivity index (χ3n) is 6.22. The van der Waals surface area contributed by atoms with Crippen molar-refractivity contribution >= 4 is 34.4 Å². The van der Waals surface area contributed by atoms with Crippen LogP contribution in [0.15, 0.2) is 75.3 Å². The molecule has 0 fully saturated rings. The predicted octanol–water partition coefficient (Wildman–Crippen LogP) is 4.09. The van der Waals surface area contributed by atoms with Crippen molar-refractivity contribution in [2.24, 2.45) is 4.99 Å². The monoisotopic (exact) mass is 472 g/mol. The van der Waals surface area contributed by atoms with Gasteiger partial charge in [-0.25, -0.2) is 4.99 Å². The largest absolute Gasteiger partial charge is 0.504 e. The highest BCUT2D eigenvalue weighted by Crippen LogP contribution is 2.42. The fourth-order valence-corrected chi connectivity index (χ4v) is 6.52. The highest BCUT2D eigenvalue weighted by Gasteiger charge is 2.33. The Kier molecular flexibility index (Phi) is 4.81. The highest BCUT2D eigenvalue weighted by atomic mass is 32.1. The maximum absolute atomic E-state index is 13.7. The number of aromatic hydroxyl groups is 1.